The molecule has 7 nitrogen and oxygen atoms in total. The van der Waals surface area contributed by atoms with E-state index in [1.54, 1.807) is 0 Å². The minimum atomic E-state index is -6.60. The lowest BCUT2D eigenvalue weighted by atomic mass is 10.5. The number of hydrogen-bond donors (Lipinski definition) is 1. The van der Waals surface area contributed by atoms with Gasteiger partial charge in [0.2, 0.25) is 0 Å². The van der Waals surface area contributed by atoms with Gasteiger partial charge < -0.3 is 4.57 Å². The van der Waals surface area contributed by atoms with Gasteiger partial charge in [0.25, 0.3) is 0 Å². The van der Waals surface area contributed by atoms with Gasteiger partial charge in [-0.1, -0.05) is 11.1 Å². The van der Waals surface area contributed by atoms with Gasteiger partial charge in [0.1, 0.15) is 5.82 Å². The molecule has 0 spiro atoms. The Balaban J connectivity index is 0.000000502. The number of hydrogen-bond acceptors (Lipinski definition) is 5. The SMILES string of the molecule is CCc1nccn1C.O=S(=O)(NS(=O)(=O)C(F)(F)F)C(F)(F)F. The highest BCUT2D eigenvalue weighted by Gasteiger charge is 2.55. The van der Waals surface area contributed by atoms with Crippen LogP contribution in [0.2, 0.25) is 0 Å². The fourth-order valence-electron chi connectivity index (χ4n) is 0.976. The van der Waals surface area contributed by atoms with Crippen molar-refractivity contribution >= 4 is 20.0 Å². The number of imidazole rings is 1. The van der Waals surface area contributed by atoms with Crippen LogP contribution in [0.15, 0.2) is 12.4 Å². The number of nitrogens with one attached hydrogen (secondary N) is 1. The number of halogens is 6. The molecular formula is C8H11F6N3O4S2. The highest BCUT2D eigenvalue weighted by molar-refractivity contribution is 8.05. The van der Waals surface area contributed by atoms with Gasteiger partial charge in [-0.05, 0) is 0 Å². The van der Waals surface area contributed by atoms with Crippen LogP contribution >= 0.6 is 0 Å². The third kappa shape index (κ3) is 5.98. The molecule has 0 aliphatic carbocycles. The van der Waals surface area contributed by atoms with Crippen molar-refractivity contribution in [2.24, 2.45) is 7.05 Å². The Bertz CT molecular complexity index is 678. The third-order valence-corrected chi connectivity index (χ3v) is 5.04. The molecule has 23 heavy (non-hydrogen) atoms. The van der Waals surface area contributed by atoms with Gasteiger partial charge in [-0.2, -0.15) is 26.3 Å². The van der Waals surface area contributed by atoms with E-state index in [-0.39, 0.29) is 0 Å². The molecule has 136 valence electrons. The van der Waals surface area contributed by atoms with E-state index in [0.717, 1.165) is 12.2 Å². The van der Waals surface area contributed by atoms with Gasteiger partial charge >= 0.3 is 31.1 Å². The number of aryl methyl sites for hydroxylation is 2. The van der Waals surface area contributed by atoms with Crippen LogP contribution < -0.4 is 4.13 Å². The summed E-state index contributed by atoms with van der Waals surface area (Å²) in [5, 5.41) is 0. The molecule has 0 saturated heterocycles. The molecule has 15 heteroatoms. The number of aromatic nitrogens is 2. The topological polar surface area (TPSA) is 98.1 Å². The van der Waals surface area contributed by atoms with E-state index in [1.807, 2.05) is 24.0 Å². The maximum Gasteiger partial charge on any atom is 0.512 e. The number of sulfonamides is 2. The molecule has 0 aromatic carbocycles. The average Bonchev–Trinajstić information content (AvgIpc) is 2.71. The molecule has 0 atom stereocenters. The molecule has 1 rings (SSSR count). The summed E-state index contributed by atoms with van der Waals surface area (Å²) in [6.07, 6.45) is 4.79. The fourth-order valence-corrected chi connectivity index (χ4v) is 2.89. The molecule has 0 radical (unpaired) electrons. The first-order valence-electron chi connectivity index (χ1n) is 5.42. The van der Waals surface area contributed by atoms with Crippen molar-refractivity contribution in [1.29, 1.82) is 0 Å². The second-order valence-corrected chi connectivity index (χ2v) is 7.40. The zero-order valence-electron chi connectivity index (χ0n) is 11.5. The van der Waals surface area contributed by atoms with E-state index in [9.17, 15) is 43.2 Å². The first kappa shape index (κ1) is 21.6. The number of rotatable bonds is 3. The first-order chi connectivity index (χ1) is 10.0. The minimum absolute atomic E-state index is 0.493. The monoisotopic (exact) mass is 391 g/mol. The van der Waals surface area contributed by atoms with Crippen LogP contribution in [0.1, 0.15) is 12.7 Å². The Morgan fingerprint density at radius 2 is 1.43 bits per heavy atom. The standard InChI is InChI=1S/C6H10N2.C2HF6NO4S2/c1-3-6-7-4-5-8(6)2;3-1(4,5)14(10,11)9-15(12,13)2(6,7)8/h4-5H,3H2,1-2H3;9H. The van der Waals surface area contributed by atoms with Crippen molar-refractivity contribution in [2.45, 2.75) is 24.4 Å². The van der Waals surface area contributed by atoms with Crippen molar-refractivity contribution in [3.05, 3.63) is 18.2 Å². The Morgan fingerprint density at radius 3 is 1.61 bits per heavy atom. The van der Waals surface area contributed by atoms with Crippen LogP contribution in [0.25, 0.3) is 0 Å². The number of nitrogens with zero attached hydrogens (tertiary/aromatic N) is 2. The normalized spacial score (nSPS) is 13.4. The first-order valence-corrected chi connectivity index (χ1v) is 8.39. The van der Waals surface area contributed by atoms with Gasteiger partial charge in [0.15, 0.2) is 0 Å². The summed E-state index contributed by atoms with van der Waals surface area (Å²) >= 11 is 0. The summed E-state index contributed by atoms with van der Waals surface area (Å²) in [5.74, 6) is 1.14. The smallest absolute Gasteiger partial charge is 0.338 e. The average molecular weight is 391 g/mol. The zero-order chi connectivity index (χ0) is 18.7. The lowest BCUT2D eigenvalue weighted by Gasteiger charge is -2.11. The molecule has 0 fully saturated rings. The predicted octanol–water partition coefficient (Wildman–Crippen LogP) is 1.26. The largest absolute Gasteiger partial charge is 0.512 e. The summed E-state index contributed by atoms with van der Waals surface area (Å²) < 4.78 is 110. The highest BCUT2D eigenvalue weighted by atomic mass is 32.3. The molecule has 1 N–H and O–H groups in total. The lowest BCUT2D eigenvalue weighted by Crippen LogP contribution is -2.45. The minimum Gasteiger partial charge on any atom is -0.338 e. The van der Waals surface area contributed by atoms with Crippen molar-refractivity contribution in [3.8, 4) is 0 Å². The van der Waals surface area contributed by atoms with Crippen LogP contribution in [0, 0.1) is 0 Å². The van der Waals surface area contributed by atoms with Gasteiger partial charge in [-0.15, -0.1) is 0 Å². The fraction of sp³-hybridized carbons (Fsp3) is 0.625. The Morgan fingerprint density at radius 1 is 1.04 bits per heavy atom. The van der Waals surface area contributed by atoms with E-state index in [4.69, 9.17) is 0 Å². The summed E-state index contributed by atoms with van der Waals surface area (Å²) in [7, 11) is -11.2. The van der Waals surface area contributed by atoms with E-state index in [0.29, 0.717) is 0 Å². The van der Waals surface area contributed by atoms with Crippen LogP contribution in [0.4, 0.5) is 26.3 Å². The summed E-state index contributed by atoms with van der Waals surface area (Å²) in [6.45, 7) is 2.10. The molecular weight excluding hydrogens is 380 g/mol. The maximum atomic E-state index is 11.5. The van der Waals surface area contributed by atoms with Crippen molar-refractivity contribution in [3.63, 3.8) is 0 Å². The van der Waals surface area contributed by atoms with Gasteiger partial charge in [0, 0.05) is 25.9 Å². The van der Waals surface area contributed by atoms with E-state index >= 15 is 0 Å². The van der Waals surface area contributed by atoms with Crippen molar-refractivity contribution < 1.29 is 43.2 Å². The van der Waals surface area contributed by atoms with Crippen LogP contribution in [-0.2, 0) is 33.5 Å². The van der Waals surface area contributed by atoms with Gasteiger partial charge in [-0.3, -0.25) is 0 Å². The van der Waals surface area contributed by atoms with E-state index in [2.05, 4.69) is 11.9 Å². The predicted molar refractivity (Wildman–Crippen MR) is 65.7 cm³/mol. The Kier molecular flexibility index (Phi) is 6.63. The summed E-state index contributed by atoms with van der Waals surface area (Å²) in [4.78, 5) is 4.10. The van der Waals surface area contributed by atoms with Crippen LogP contribution in [0.3, 0.4) is 0 Å². The molecule has 1 aromatic heterocycles. The third-order valence-electron chi connectivity index (χ3n) is 2.07. The van der Waals surface area contributed by atoms with Crippen LogP contribution in [-0.4, -0.2) is 37.4 Å². The Labute approximate surface area is 127 Å². The molecule has 1 aromatic rings. The van der Waals surface area contributed by atoms with Gasteiger partial charge in [0.05, 0.1) is 0 Å². The second-order valence-electron chi connectivity index (χ2n) is 3.79. The molecule has 0 unspecified atom stereocenters. The van der Waals surface area contributed by atoms with Crippen molar-refractivity contribution in [1.82, 2.24) is 13.7 Å². The quantitative estimate of drug-likeness (QED) is 0.783. The molecule has 1 heterocycles. The molecule has 0 bridgehead atoms. The molecule has 0 aliphatic rings. The maximum absolute atomic E-state index is 11.5. The van der Waals surface area contributed by atoms with Crippen LogP contribution in [0.5, 0.6) is 0 Å². The summed E-state index contributed by atoms with van der Waals surface area (Å²) in [6, 6.07) is 0. The van der Waals surface area contributed by atoms with E-state index < -0.39 is 35.2 Å². The summed E-state index contributed by atoms with van der Waals surface area (Å²) in [5.41, 5.74) is -12.3. The second kappa shape index (κ2) is 7.04. The Hall–Kier alpha value is -1.35. The number of alkyl halides is 6. The molecule has 0 amide bonds. The highest BCUT2D eigenvalue weighted by Crippen LogP contribution is 2.27. The van der Waals surface area contributed by atoms with E-state index in [1.165, 1.54) is 0 Å². The zero-order valence-corrected chi connectivity index (χ0v) is 13.1. The van der Waals surface area contributed by atoms with Crippen molar-refractivity contribution in [2.75, 3.05) is 0 Å². The molecule has 0 saturated carbocycles. The lowest BCUT2D eigenvalue weighted by molar-refractivity contribution is -0.0476. The van der Waals surface area contributed by atoms with Gasteiger partial charge in [-0.25, -0.2) is 21.8 Å². The molecule has 0 aliphatic heterocycles.